The molecule has 0 unspecified atom stereocenters. The zero-order valence-corrected chi connectivity index (χ0v) is 14.5. The molecule has 0 radical (unpaired) electrons. The highest BCUT2D eigenvalue weighted by molar-refractivity contribution is 5.92. The van der Waals surface area contributed by atoms with Crippen LogP contribution in [0.5, 0.6) is 17.2 Å². The lowest BCUT2D eigenvalue weighted by Crippen LogP contribution is -2.09. The van der Waals surface area contributed by atoms with E-state index < -0.39 is 5.97 Å². The van der Waals surface area contributed by atoms with Crippen LogP contribution in [0.2, 0.25) is 0 Å². The Morgan fingerprint density at radius 2 is 1.80 bits per heavy atom. The Labute approximate surface area is 146 Å². The molecule has 0 N–H and O–H groups in total. The molecule has 2 aromatic carbocycles. The normalized spacial score (nSPS) is 10.7. The number of rotatable bonds is 6. The summed E-state index contributed by atoms with van der Waals surface area (Å²) in [5.41, 5.74) is 2.14. The van der Waals surface area contributed by atoms with Crippen molar-refractivity contribution in [2.45, 2.75) is 13.8 Å². The van der Waals surface area contributed by atoms with E-state index in [1.165, 1.54) is 0 Å². The van der Waals surface area contributed by atoms with Crippen LogP contribution in [0.4, 0.5) is 0 Å². The largest absolute Gasteiger partial charge is 0.490 e. The Morgan fingerprint density at radius 3 is 2.56 bits per heavy atom. The number of esters is 1. The van der Waals surface area contributed by atoms with E-state index in [2.05, 4.69) is 4.98 Å². The molecule has 6 heteroatoms. The summed E-state index contributed by atoms with van der Waals surface area (Å²) in [5.74, 6) is 1.12. The first-order chi connectivity index (χ1) is 12.1. The first-order valence-electron chi connectivity index (χ1n) is 8.15. The molecule has 0 aliphatic rings. The number of fused-ring (bicyclic) bond motifs is 1. The standard InChI is InChI=1S/C19H20N2O4/c1-4-23-17-9-6-13(10-18(17)24-5-2)19(22)25-14-7-8-16-15(11-14)20-12-21(16)3/h6-12H,4-5H2,1-3H3. The molecule has 0 aliphatic carbocycles. The van der Waals surface area contributed by atoms with Gasteiger partial charge in [-0.15, -0.1) is 0 Å². The fourth-order valence-electron chi connectivity index (χ4n) is 2.52. The lowest BCUT2D eigenvalue weighted by Gasteiger charge is -2.12. The topological polar surface area (TPSA) is 62.6 Å². The van der Waals surface area contributed by atoms with Crippen LogP contribution in [0.3, 0.4) is 0 Å². The van der Waals surface area contributed by atoms with E-state index in [-0.39, 0.29) is 0 Å². The van der Waals surface area contributed by atoms with Crippen molar-refractivity contribution in [3.63, 3.8) is 0 Å². The lowest BCUT2D eigenvalue weighted by atomic mass is 10.2. The summed E-state index contributed by atoms with van der Waals surface area (Å²) >= 11 is 0. The number of ether oxygens (including phenoxy) is 3. The van der Waals surface area contributed by atoms with Crippen LogP contribution < -0.4 is 14.2 Å². The zero-order chi connectivity index (χ0) is 17.8. The second-order valence-electron chi connectivity index (χ2n) is 5.42. The molecule has 0 fully saturated rings. The molecule has 3 aromatic rings. The number of aromatic nitrogens is 2. The number of carbonyl (C=O) groups is 1. The third-order valence-corrected chi connectivity index (χ3v) is 3.69. The van der Waals surface area contributed by atoms with Crippen LogP contribution >= 0.6 is 0 Å². The van der Waals surface area contributed by atoms with Gasteiger partial charge in [0.25, 0.3) is 0 Å². The van der Waals surface area contributed by atoms with Crippen LogP contribution in [0.25, 0.3) is 11.0 Å². The molecule has 3 rings (SSSR count). The third-order valence-electron chi connectivity index (χ3n) is 3.69. The van der Waals surface area contributed by atoms with Crippen molar-refractivity contribution in [1.82, 2.24) is 9.55 Å². The SMILES string of the molecule is CCOc1ccc(C(=O)Oc2ccc3c(c2)ncn3C)cc1OCC. The Hall–Kier alpha value is -3.02. The fourth-order valence-corrected chi connectivity index (χ4v) is 2.52. The number of aryl methyl sites for hydroxylation is 1. The van der Waals surface area contributed by atoms with E-state index in [1.807, 2.05) is 31.5 Å². The van der Waals surface area contributed by atoms with Crippen LogP contribution in [-0.2, 0) is 7.05 Å². The first kappa shape index (κ1) is 16.8. The molecular formula is C19H20N2O4. The summed E-state index contributed by atoms with van der Waals surface area (Å²) in [5, 5.41) is 0. The second kappa shape index (κ2) is 7.25. The smallest absolute Gasteiger partial charge is 0.343 e. The van der Waals surface area contributed by atoms with Crippen molar-refractivity contribution in [2.75, 3.05) is 13.2 Å². The van der Waals surface area contributed by atoms with Gasteiger partial charge in [0.05, 0.1) is 36.1 Å². The average Bonchev–Trinajstić information content (AvgIpc) is 2.97. The molecule has 0 amide bonds. The highest BCUT2D eigenvalue weighted by Gasteiger charge is 2.14. The summed E-state index contributed by atoms with van der Waals surface area (Å²) in [4.78, 5) is 16.7. The number of carbonyl (C=O) groups excluding carboxylic acids is 1. The van der Waals surface area contributed by atoms with Crippen LogP contribution in [0, 0.1) is 0 Å². The monoisotopic (exact) mass is 340 g/mol. The molecule has 0 saturated carbocycles. The summed E-state index contributed by atoms with van der Waals surface area (Å²) in [6, 6.07) is 10.4. The van der Waals surface area contributed by atoms with E-state index in [4.69, 9.17) is 14.2 Å². The van der Waals surface area contributed by atoms with Crippen molar-refractivity contribution in [2.24, 2.45) is 7.05 Å². The molecule has 0 aliphatic heterocycles. The van der Waals surface area contributed by atoms with Gasteiger partial charge in [0.15, 0.2) is 11.5 Å². The summed E-state index contributed by atoms with van der Waals surface area (Å²) < 4.78 is 18.4. The Bertz CT molecular complexity index is 902. The van der Waals surface area contributed by atoms with E-state index >= 15 is 0 Å². The summed E-state index contributed by atoms with van der Waals surface area (Å²) in [7, 11) is 1.91. The molecular weight excluding hydrogens is 320 g/mol. The minimum Gasteiger partial charge on any atom is -0.490 e. The zero-order valence-electron chi connectivity index (χ0n) is 14.5. The van der Waals surface area contributed by atoms with Gasteiger partial charge in [0.2, 0.25) is 0 Å². The van der Waals surface area contributed by atoms with E-state index in [1.54, 1.807) is 36.7 Å². The Morgan fingerprint density at radius 1 is 1.04 bits per heavy atom. The van der Waals surface area contributed by atoms with E-state index in [0.717, 1.165) is 11.0 Å². The molecule has 6 nitrogen and oxygen atoms in total. The van der Waals surface area contributed by atoms with Crippen LogP contribution in [0.1, 0.15) is 24.2 Å². The van der Waals surface area contributed by atoms with Gasteiger partial charge in [-0.3, -0.25) is 0 Å². The van der Waals surface area contributed by atoms with Crippen molar-refractivity contribution in [1.29, 1.82) is 0 Å². The maximum Gasteiger partial charge on any atom is 0.343 e. The van der Waals surface area contributed by atoms with Crippen molar-refractivity contribution in [3.8, 4) is 17.2 Å². The van der Waals surface area contributed by atoms with E-state index in [0.29, 0.717) is 36.0 Å². The molecule has 0 saturated heterocycles. The first-order valence-corrected chi connectivity index (χ1v) is 8.15. The highest BCUT2D eigenvalue weighted by atomic mass is 16.5. The van der Waals surface area contributed by atoms with E-state index in [9.17, 15) is 4.79 Å². The highest BCUT2D eigenvalue weighted by Crippen LogP contribution is 2.29. The molecule has 0 atom stereocenters. The van der Waals surface area contributed by atoms with Gasteiger partial charge in [-0.25, -0.2) is 9.78 Å². The number of benzene rings is 2. The van der Waals surface area contributed by atoms with Crippen molar-refractivity contribution in [3.05, 3.63) is 48.3 Å². The quantitative estimate of drug-likeness (QED) is 0.507. The van der Waals surface area contributed by atoms with Gasteiger partial charge in [-0.05, 0) is 44.2 Å². The molecule has 1 heterocycles. The predicted molar refractivity (Wildman–Crippen MR) is 94.5 cm³/mol. The number of hydrogen-bond acceptors (Lipinski definition) is 5. The van der Waals surface area contributed by atoms with Crippen molar-refractivity contribution < 1.29 is 19.0 Å². The average molecular weight is 340 g/mol. The van der Waals surface area contributed by atoms with Crippen LogP contribution in [-0.4, -0.2) is 28.7 Å². The van der Waals surface area contributed by atoms with Gasteiger partial charge < -0.3 is 18.8 Å². The molecule has 130 valence electrons. The maximum atomic E-state index is 12.4. The second-order valence-corrected chi connectivity index (χ2v) is 5.42. The Kier molecular flexibility index (Phi) is 4.88. The predicted octanol–water partition coefficient (Wildman–Crippen LogP) is 3.59. The number of nitrogens with zero attached hydrogens (tertiary/aromatic N) is 2. The van der Waals surface area contributed by atoms with Crippen molar-refractivity contribution >= 4 is 17.0 Å². The molecule has 1 aromatic heterocycles. The fraction of sp³-hybridized carbons (Fsp3) is 0.263. The lowest BCUT2D eigenvalue weighted by molar-refractivity contribution is 0.0734. The van der Waals surface area contributed by atoms with Gasteiger partial charge >= 0.3 is 5.97 Å². The maximum absolute atomic E-state index is 12.4. The van der Waals surface area contributed by atoms with Gasteiger partial charge in [-0.1, -0.05) is 0 Å². The van der Waals surface area contributed by atoms with Gasteiger partial charge in [0, 0.05) is 13.1 Å². The minimum atomic E-state index is -0.459. The number of imidazole rings is 1. The summed E-state index contributed by atoms with van der Waals surface area (Å²) in [6.07, 6.45) is 1.72. The summed E-state index contributed by atoms with van der Waals surface area (Å²) in [6.45, 7) is 4.78. The van der Waals surface area contributed by atoms with Gasteiger partial charge in [-0.2, -0.15) is 0 Å². The number of hydrogen-bond donors (Lipinski definition) is 0. The third kappa shape index (κ3) is 3.57. The molecule has 0 bridgehead atoms. The Balaban J connectivity index is 1.82. The van der Waals surface area contributed by atoms with Gasteiger partial charge in [0.1, 0.15) is 5.75 Å². The van der Waals surface area contributed by atoms with Crippen LogP contribution in [0.15, 0.2) is 42.7 Å². The molecule has 0 spiro atoms. The minimum absolute atomic E-state index is 0.396. The molecule has 25 heavy (non-hydrogen) atoms.